The first-order valence-corrected chi connectivity index (χ1v) is 11.1. The summed E-state index contributed by atoms with van der Waals surface area (Å²) in [5.41, 5.74) is 0.991. The number of aryl methyl sites for hydroxylation is 1. The van der Waals surface area contributed by atoms with Gasteiger partial charge < -0.3 is 14.8 Å². The fraction of sp³-hybridized carbons (Fsp3) is 0.625. The van der Waals surface area contributed by atoms with Crippen LogP contribution in [0, 0.1) is 17.8 Å². The molecule has 1 aromatic carbocycles. The van der Waals surface area contributed by atoms with E-state index in [1.165, 1.54) is 33.1 Å². The molecule has 30 heavy (non-hydrogen) atoms. The van der Waals surface area contributed by atoms with Crippen molar-refractivity contribution in [1.29, 1.82) is 0 Å². The van der Waals surface area contributed by atoms with Crippen LogP contribution < -0.4 is 14.8 Å². The lowest BCUT2D eigenvalue weighted by Crippen LogP contribution is -2.59. The number of nitrogens with one attached hydrogen (secondary N) is 1. The third kappa shape index (κ3) is 4.85. The zero-order valence-electron chi connectivity index (χ0n) is 17.9. The van der Waals surface area contributed by atoms with Crippen molar-refractivity contribution < 1.29 is 23.9 Å². The molecule has 6 heteroatoms. The molecule has 0 aliphatic heterocycles. The highest BCUT2D eigenvalue weighted by atomic mass is 16.6. The van der Waals surface area contributed by atoms with Crippen LogP contribution in [0.25, 0.3) is 0 Å². The van der Waals surface area contributed by atoms with E-state index in [-0.39, 0.29) is 22.9 Å². The highest BCUT2D eigenvalue weighted by Gasteiger charge is 2.51. The van der Waals surface area contributed by atoms with Crippen molar-refractivity contribution in [2.45, 2.75) is 77.2 Å². The molecule has 0 heterocycles. The summed E-state index contributed by atoms with van der Waals surface area (Å²) in [6.07, 6.45) is 9.45. The zero-order chi connectivity index (χ0) is 21.3. The van der Waals surface area contributed by atoms with E-state index in [0.29, 0.717) is 19.3 Å². The number of esters is 2. The molecular weight excluding hydrogens is 382 g/mol. The molecule has 0 unspecified atom stereocenters. The fourth-order valence-corrected chi connectivity index (χ4v) is 6.26. The second-order valence-electron chi connectivity index (χ2n) is 9.57. The van der Waals surface area contributed by atoms with E-state index in [2.05, 4.69) is 5.32 Å². The Morgan fingerprint density at radius 2 is 1.50 bits per heavy atom. The topological polar surface area (TPSA) is 81.7 Å². The molecule has 1 N–H and O–H groups in total. The lowest BCUT2D eigenvalue weighted by atomic mass is 9.53. The van der Waals surface area contributed by atoms with Crippen LogP contribution in [0.3, 0.4) is 0 Å². The predicted molar refractivity (Wildman–Crippen MR) is 111 cm³/mol. The van der Waals surface area contributed by atoms with E-state index in [4.69, 9.17) is 9.47 Å². The van der Waals surface area contributed by atoms with Gasteiger partial charge in [0.05, 0.1) is 0 Å². The largest absolute Gasteiger partial charge is 0.423 e. The van der Waals surface area contributed by atoms with Crippen molar-refractivity contribution in [2.24, 2.45) is 17.8 Å². The molecule has 4 aliphatic rings. The Labute approximate surface area is 177 Å². The summed E-state index contributed by atoms with van der Waals surface area (Å²) in [5.74, 6) is 2.09. The third-order valence-electron chi connectivity index (χ3n) is 6.83. The number of rotatable bonds is 7. The van der Waals surface area contributed by atoms with Gasteiger partial charge >= 0.3 is 11.9 Å². The summed E-state index contributed by atoms with van der Waals surface area (Å²) in [4.78, 5) is 35.3. The molecule has 6 nitrogen and oxygen atoms in total. The van der Waals surface area contributed by atoms with Crippen molar-refractivity contribution in [3.8, 4) is 11.5 Å². The minimum Gasteiger partial charge on any atom is -0.423 e. The SMILES string of the molecule is CC(=O)Oc1ccc(CCCC(=O)NC23CC4CC(CC(C4)C2)C3)cc1OC(C)=O. The Bertz CT molecular complexity index is 811. The van der Waals surface area contributed by atoms with Crippen LogP contribution in [0.2, 0.25) is 0 Å². The first-order chi connectivity index (χ1) is 14.3. The molecule has 5 rings (SSSR count). The van der Waals surface area contributed by atoms with Gasteiger partial charge in [-0.15, -0.1) is 0 Å². The van der Waals surface area contributed by atoms with Crippen LogP contribution in [0.4, 0.5) is 0 Å². The van der Waals surface area contributed by atoms with Gasteiger partial charge in [-0.2, -0.15) is 0 Å². The molecule has 4 bridgehead atoms. The lowest BCUT2D eigenvalue weighted by molar-refractivity contribution is -0.134. The van der Waals surface area contributed by atoms with Crippen molar-refractivity contribution in [3.63, 3.8) is 0 Å². The van der Waals surface area contributed by atoms with Gasteiger partial charge in [0.1, 0.15) is 0 Å². The quantitative estimate of drug-likeness (QED) is 0.541. The molecule has 162 valence electrons. The summed E-state index contributed by atoms with van der Waals surface area (Å²) in [7, 11) is 0. The van der Waals surface area contributed by atoms with Crippen LogP contribution in [0.5, 0.6) is 11.5 Å². The average molecular weight is 414 g/mol. The first-order valence-electron chi connectivity index (χ1n) is 11.1. The molecule has 1 aromatic rings. The molecule has 4 fully saturated rings. The minimum atomic E-state index is -0.476. The lowest BCUT2D eigenvalue weighted by Gasteiger charge is -2.56. The van der Waals surface area contributed by atoms with Gasteiger partial charge in [0, 0.05) is 25.8 Å². The van der Waals surface area contributed by atoms with Crippen LogP contribution in [0.1, 0.15) is 70.8 Å². The van der Waals surface area contributed by atoms with E-state index >= 15 is 0 Å². The van der Waals surface area contributed by atoms with Gasteiger partial charge in [-0.05, 0) is 86.8 Å². The minimum absolute atomic E-state index is 0.0556. The second-order valence-corrected chi connectivity index (χ2v) is 9.57. The van der Waals surface area contributed by atoms with E-state index in [1.54, 1.807) is 12.1 Å². The van der Waals surface area contributed by atoms with Crippen LogP contribution in [0.15, 0.2) is 18.2 Å². The number of hydrogen-bond donors (Lipinski definition) is 1. The van der Waals surface area contributed by atoms with Crippen LogP contribution in [-0.2, 0) is 20.8 Å². The molecule has 0 atom stereocenters. The van der Waals surface area contributed by atoms with Crippen molar-refractivity contribution in [1.82, 2.24) is 5.32 Å². The Morgan fingerprint density at radius 1 is 0.933 bits per heavy atom. The molecule has 1 amide bonds. The smallest absolute Gasteiger partial charge is 0.308 e. The van der Waals surface area contributed by atoms with Gasteiger partial charge in [-0.3, -0.25) is 14.4 Å². The monoisotopic (exact) mass is 413 g/mol. The number of carbonyl (C=O) groups excluding carboxylic acids is 3. The normalized spacial score (nSPS) is 28.8. The highest BCUT2D eigenvalue weighted by Crippen LogP contribution is 2.55. The van der Waals surface area contributed by atoms with Gasteiger partial charge in [0.25, 0.3) is 0 Å². The van der Waals surface area contributed by atoms with Crippen molar-refractivity contribution in [2.75, 3.05) is 0 Å². The Hall–Kier alpha value is -2.37. The Kier molecular flexibility index (Phi) is 5.85. The standard InChI is InChI=1S/C24H31NO5/c1-15(26)29-21-7-6-17(11-22(21)30-16(2)27)4-3-5-23(28)25-24-12-18-8-19(13-24)10-20(9-18)14-24/h6-7,11,18-20H,3-5,8-10,12-14H2,1-2H3,(H,25,28). The van der Waals surface area contributed by atoms with Gasteiger partial charge in [0.2, 0.25) is 5.91 Å². The number of amides is 1. The summed E-state index contributed by atoms with van der Waals surface area (Å²) in [6, 6.07) is 5.17. The molecule has 0 spiro atoms. The van der Waals surface area contributed by atoms with Gasteiger partial charge in [0.15, 0.2) is 11.5 Å². The average Bonchev–Trinajstić information content (AvgIpc) is 2.61. The first kappa shape index (κ1) is 20.9. The maximum absolute atomic E-state index is 12.7. The summed E-state index contributed by atoms with van der Waals surface area (Å²) in [5, 5.41) is 3.41. The van der Waals surface area contributed by atoms with E-state index in [9.17, 15) is 14.4 Å². The molecular formula is C24H31NO5. The Morgan fingerprint density at radius 3 is 2.07 bits per heavy atom. The van der Waals surface area contributed by atoms with Gasteiger partial charge in [-0.25, -0.2) is 0 Å². The summed E-state index contributed by atoms with van der Waals surface area (Å²) >= 11 is 0. The van der Waals surface area contributed by atoms with E-state index in [1.807, 2.05) is 6.07 Å². The number of benzene rings is 1. The Balaban J connectivity index is 1.31. The van der Waals surface area contributed by atoms with E-state index in [0.717, 1.165) is 42.6 Å². The van der Waals surface area contributed by atoms with Crippen molar-refractivity contribution >= 4 is 17.8 Å². The third-order valence-corrected chi connectivity index (χ3v) is 6.83. The predicted octanol–water partition coefficient (Wildman–Crippen LogP) is 3.94. The van der Waals surface area contributed by atoms with Crippen LogP contribution >= 0.6 is 0 Å². The zero-order valence-corrected chi connectivity index (χ0v) is 17.9. The molecule has 0 saturated heterocycles. The van der Waals surface area contributed by atoms with Crippen LogP contribution in [-0.4, -0.2) is 23.4 Å². The maximum atomic E-state index is 12.7. The number of ether oxygens (including phenoxy) is 2. The molecule has 0 radical (unpaired) electrons. The summed E-state index contributed by atoms with van der Waals surface area (Å²) in [6.45, 7) is 2.60. The molecule has 0 aromatic heterocycles. The van der Waals surface area contributed by atoms with Crippen molar-refractivity contribution in [3.05, 3.63) is 23.8 Å². The highest BCUT2D eigenvalue weighted by molar-refractivity contribution is 5.77. The molecule has 4 saturated carbocycles. The molecule has 4 aliphatic carbocycles. The maximum Gasteiger partial charge on any atom is 0.308 e. The number of hydrogen-bond acceptors (Lipinski definition) is 5. The van der Waals surface area contributed by atoms with Gasteiger partial charge in [-0.1, -0.05) is 6.07 Å². The number of carbonyl (C=O) groups is 3. The van der Waals surface area contributed by atoms with E-state index < -0.39 is 11.9 Å². The fourth-order valence-electron chi connectivity index (χ4n) is 6.26. The summed E-state index contributed by atoms with van der Waals surface area (Å²) < 4.78 is 10.3. The second kappa shape index (κ2) is 8.40.